The van der Waals surface area contributed by atoms with Crippen LogP contribution in [0.4, 0.5) is 0 Å². The molecule has 38 heavy (non-hydrogen) atoms. The molecule has 0 aliphatic carbocycles. The normalized spacial score (nSPS) is 26.0. The van der Waals surface area contributed by atoms with E-state index in [2.05, 4.69) is 115 Å². The first-order valence-corrected chi connectivity index (χ1v) is 13.8. The average molecular weight is 510 g/mol. The predicted molar refractivity (Wildman–Crippen MR) is 152 cm³/mol. The van der Waals surface area contributed by atoms with Crippen molar-refractivity contribution in [2.75, 3.05) is 34.9 Å². The second-order valence-electron chi connectivity index (χ2n) is 11.1. The van der Waals surface area contributed by atoms with E-state index in [4.69, 9.17) is 9.47 Å². The van der Waals surface area contributed by atoms with E-state index in [1.165, 1.54) is 27.8 Å². The minimum absolute atomic E-state index is 0.230. The molecule has 3 aliphatic heterocycles. The van der Waals surface area contributed by atoms with Gasteiger partial charge in [0.15, 0.2) is 11.5 Å². The smallest absolute Gasteiger partial charge is 0.161 e. The molecule has 0 bridgehead atoms. The van der Waals surface area contributed by atoms with Gasteiger partial charge >= 0.3 is 0 Å². The molecule has 0 aromatic heterocycles. The molecular weight excluding hydrogens is 470 g/mol. The molecule has 198 valence electrons. The Morgan fingerprint density at radius 1 is 0.763 bits per heavy atom. The quantitative estimate of drug-likeness (QED) is 0.408. The van der Waals surface area contributed by atoms with Gasteiger partial charge in [-0.05, 0) is 72.8 Å². The van der Waals surface area contributed by atoms with Crippen LogP contribution in [0.25, 0.3) is 0 Å². The number of nitrogens with zero attached hydrogens (tertiary/aromatic N) is 3. The third-order valence-corrected chi connectivity index (χ3v) is 9.03. The molecule has 3 aliphatic rings. The number of fused-ring (bicyclic) bond motifs is 3. The monoisotopic (exact) mass is 509 g/mol. The molecule has 0 amide bonds. The first-order chi connectivity index (χ1) is 18.5. The second kappa shape index (κ2) is 10.1. The zero-order valence-electron chi connectivity index (χ0n) is 23.2. The van der Waals surface area contributed by atoms with Crippen molar-refractivity contribution in [3.63, 3.8) is 0 Å². The van der Waals surface area contributed by atoms with Crippen molar-refractivity contribution >= 4 is 0 Å². The summed E-state index contributed by atoms with van der Waals surface area (Å²) in [5, 5.41) is 0. The van der Waals surface area contributed by atoms with Crippen molar-refractivity contribution < 1.29 is 9.47 Å². The van der Waals surface area contributed by atoms with Gasteiger partial charge in [0, 0.05) is 12.7 Å². The van der Waals surface area contributed by atoms with Gasteiger partial charge in [0.1, 0.15) is 0 Å². The topological polar surface area (TPSA) is 28.2 Å². The van der Waals surface area contributed by atoms with E-state index < -0.39 is 0 Å². The zero-order chi connectivity index (χ0) is 26.4. The van der Waals surface area contributed by atoms with Crippen LogP contribution in [0.15, 0.2) is 84.6 Å². The Hall–Kier alpha value is -3.28. The number of hydrogen-bond acceptors (Lipinski definition) is 5. The number of methoxy groups -OCH3 is 2. The largest absolute Gasteiger partial charge is 0.493 e. The average Bonchev–Trinajstić information content (AvgIpc) is 3.22. The molecule has 1 fully saturated rings. The fourth-order valence-electron chi connectivity index (χ4n) is 7.22. The maximum atomic E-state index is 5.67. The first kappa shape index (κ1) is 25.0. The molecule has 0 radical (unpaired) electrons. The summed E-state index contributed by atoms with van der Waals surface area (Å²) >= 11 is 0. The van der Waals surface area contributed by atoms with E-state index >= 15 is 0 Å². The van der Waals surface area contributed by atoms with E-state index in [0.29, 0.717) is 12.0 Å². The molecule has 0 unspecified atom stereocenters. The van der Waals surface area contributed by atoms with E-state index in [0.717, 1.165) is 30.9 Å². The summed E-state index contributed by atoms with van der Waals surface area (Å²) in [5.74, 6) is 2.10. The highest BCUT2D eigenvalue weighted by Crippen LogP contribution is 2.51. The molecule has 3 aromatic carbocycles. The molecule has 3 aromatic rings. The highest BCUT2D eigenvalue weighted by atomic mass is 16.5. The summed E-state index contributed by atoms with van der Waals surface area (Å²) in [7, 11) is 8.07. The van der Waals surface area contributed by atoms with Crippen LogP contribution in [-0.2, 0) is 6.42 Å². The SMILES string of the molecule is COc1cc2c(cc1OC)[C@@H]1C[C@@H](C)C(C3N(C)[C@@H](c4ccccc4)[C@H](c4ccccc4)N3C)=CN1CC2. The third kappa shape index (κ3) is 4.09. The minimum atomic E-state index is 0.230. The van der Waals surface area contributed by atoms with Crippen molar-refractivity contribution in [2.24, 2.45) is 5.92 Å². The second-order valence-corrected chi connectivity index (χ2v) is 11.1. The van der Waals surface area contributed by atoms with Crippen molar-refractivity contribution in [3.05, 3.63) is 107 Å². The maximum Gasteiger partial charge on any atom is 0.161 e. The Bertz CT molecular complexity index is 1260. The van der Waals surface area contributed by atoms with Crippen molar-refractivity contribution in [2.45, 2.75) is 44.1 Å². The maximum absolute atomic E-state index is 5.67. The van der Waals surface area contributed by atoms with Gasteiger partial charge in [0.05, 0.1) is 38.5 Å². The zero-order valence-corrected chi connectivity index (χ0v) is 23.2. The van der Waals surface area contributed by atoms with Crippen LogP contribution in [-0.4, -0.2) is 55.7 Å². The van der Waals surface area contributed by atoms with Crippen LogP contribution in [0.2, 0.25) is 0 Å². The standard InChI is InChI=1S/C33H39N3O2/c1-22-18-28-26-20-30(38-5)29(37-4)19-25(26)16-17-36(28)21-27(22)33-34(2)31(23-12-8-6-9-13-23)32(35(33)3)24-14-10-7-11-15-24/h6-15,19-22,28,31-33H,16-18H2,1-5H3/t22-,28+,31+,32+/m1/s1. The van der Waals surface area contributed by atoms with E-state index in [-0.39, 0.29) is 18.2 Å². The van der Waals surface area contributed by atoms with Crippen LogP contribution in [0.3, 0.4) is 0 Å². The van der Waals surface area contributed by atoms with Crippen LogP contribution < -0.4 is 9.47 Å². The molecule has 6 rings (SSSR count). The van der Waals surface area contributed by atoms with Crippen LogP contribution in [0, 0.1) is 5.92 Å². The molecule has 0 spiro atoms. The highest BCUT2D eigenvalue weighted by Gasteiger charge is 2.48. The molecular formula is C33H39N3O2. The highest BCUT2D eigenvalue weighted by molar-refractivity contribution is 5.50. The van der Waals surface area contributed by atoms with Gasteiger partial charge in [-0.3, -0.25) is 9.80 Å². The first-order valence-electron chi connectivity index (χ1n) is 13.8. The van der Waals surface area contributed by atoms with Gasteiger partial charge < -0.3 is 14.4 Å². The Labute approximate surface area is 227 Å². The van der Waals surface area contributed by atoms with Crippen molar-refractivity contribution in [1.82, 2.24) is 14.7 Å². The molecule has 4 atom stereocenters. The van der Waals surface area contributed by atoms with Gasteiger partial charge in [0.2, 0.25) is 0 Å². The molecule has 5 heteroatoms. The van der Waals surface area contributed by atoms with Crippen LogP contribution >= 0.6 is 0 Å². The Morgan fingerprint density at radius 2 is 1.32 bits per heavy atom. The summed E-state index contributed by atoms with van der Waals surface area (Å²) in [6.45, 7) is 3.43. The Morgan fingerprint density at radius 3 is 1.87 bits per heavy atom. The lowest BCUT2D eigenvalue weighted by molar-refractivity contribution is 0.147. The van der Waals surface area contributed by atoms with Gasteiger partial charge in [-0.1, -0.05) is 67.6 Å². The third-order valence-electron chi connectivity index (χ3n) is 9.03. The predicted octanol–water partition coefficient (Wildman–Crippen LogP) is 6.21. The number of hydrogen-bond donors (Lipinski definition) is 0. The molecule has 1 saturated heterocycles. The fourth-order valence-corrected chi connectivity index (χ4v) is 7.22. The molecule has 0 saturated carbocycles. The van der Waals surface area contributed by atoms with Crippen molar-refractivity contribution in [1.29, 1.82) is 0 Å². The fraction of sp³-hybridized carbons (Fsp3) is 0.394. The van der Waals surface area contributed by atoms with Crippen LogP contribution in [0.5, 0.6) is 11.5 Å². The number of rotatable bonds is 5. The lowest BCUT2D eigenvalue weighted by Gasteiger charge is -2.45. The number of likely N-dealkylation sites (N-methyl/N-ethyl adjacent to an activating group) is 2. The molecule has 3 heterocycles. The number of benzene rings is 3. The van der Waals surface area contributed by atoms with Gasteiger partial charge in [0.25, 0.3) is 0 Å². The minimum Gasteiger partial charge on any atom is -0.493 e. The summed E-state index contributed by atoms with van der Waals surface area (Å²) in [6.07, 6.45) is 4.83. The lowest BCUT2D eigenvalue weighted by Crippen LogP contribution is -2.44. The summed E-state index contributed by atoms with van der Waals surface area (Å²) < 4.78 is 11.3. The summed E-state index contributed by atoms with van der Waals surface area (Å²) in [4.78, 5) is 7.78. The summed E-state index contributed by atoms with van der Waals surface area (Å²) in [5.41, 5.74) is 7.01. The Balaban J connectivity index is 1.38. The molecule has 5 nitrogen and oxygen atoms in total. The van der Waals surface area contributed by atoms with E-state index in [9.17, 15) is 0 Å². The van der Waals surface area contributed by atoms with Gasteiger partial charge in [-0.2, -0.15) is 0 Å². The van der Waals surface area contributed by atoms with Gasteiger partial charge in [-0.25, -0.2) is 0 Å². The van der Waals surface area contributed by atoms with Crippen molar-refractivity contribution in [3.8, 4) is 11.5 Å². The number of ether oxygens (including phenoxy) is 2. The van der Waals surface area contributed by atoms with E-state index in [1.54, 1.807) is 14.2 Å². The van der Waals surface area contributed by atoms with Gasteiger partial charge in [-0.15, -0.1) is 0 Å². The summed E-state index contributed by atoms with van der Waals surface area (Å²) in [6, 6.07) is 27.3. The Kier molecular flexibility index (Phi) is 6.67. The molecule has 0 N–H and O–H groups in total. The van der Waals surface area contributed by atoms with Crippen LogP contribution in [0.1, 0.15) is 53.7 Å². The lowest BCUT2D eigenvalue weighted by atomic mass is 9.81. The van der Waals surface area contributed by atoms with E-state index in [1.807, 2.05) is 0 Å².